The number of hydrogen-bond acceptors (Lipinski definition) is 2. The Balaban J connectivity index is 2.18. The number of ketones is 1. The summed E-state index contributed by atoms with van der Waals surface area (Å²) >= 11 is 0. The Kier molecular flexibility index (Phi) is 5.20. The molecule has 0 aromatic carbocycles. The topological polar surface area (TPSA) is 20.3 Å². The third-order valence-electron chi connectivity index (χ3n) is 5.04. The second kappa shape index (κ2) is 6.69. The van der Waals surface area contributed by atoms with E-state index in [1.807, 2.05) is 0 Å². The van der Waals surface area contributed by atoms with E-state index in [4.69, 9.17) is 0 Å². The van der Waals surface area contributed by atoms with Gasteiger partial charge in [0.25, 0.3) is 0 Å². The molecule has 2 rings (SSSR count). The molecule has 0 heterocycles. The number of Topliss-reactive ketones (excluding diaryl/α,β-unsaturated/α-hetero) is 1. The zero-order valence-electron chi connectivity index (χ0n) is 12.7. The fourth-order valence-corrected chi connectivity index (χ4v) is 3.71. The van der Waals surface area contributed by atoms with Crippen LogP contribution in [0, 0.1) is 0 Å². The van der Waals surface area contributed by atoms with Crippen molar-refractivity contribution in [3.8, 4) is 0 Å². The van der Waals surface area contributed by atoms with Crippen molar-refractivity contribution in [2.75, 3.05) is 14.1 Å². The molecule has 108 valence electrons. The molecule has 1 fully saturated rings. The number of likely N-dealkylation sites (N-methyl/N-ethyl adjacent to an activating group) is 1. The van der Waals surface area contributed by atoms with Crippen molar-refractivity contribution in [1.29, 1.82) is 0 Å². The lowest BCUT2D eigenvalue weighted by Gasteiger charge is -2.42. The second-order valence-corrected chi connectivity index (χ2v) is 6.50. The normalized spacial score (nSPS) is 24.5. The van der Waals surface area contributed by atoms with Gasteiger partial charge >= 0.3 is 0 Å². The summed E-state index contributed by atoms with van der Waals surface area (Å²) in [6.45, 7) is 0. The van der Waals surface area contributed by atoms with Crippen LogP contribution in [0.25, 0.3) is 0 Å². The lowest BCUT2D eigenvalue weighted by Crippen LogP contribution is -2.53. The molecule has 2 aliphatic rings. The SMILES string of the molecule is CN(C)C1(C(=O)C2=CCCCCCC2)CCCCC1. The van der Waals surface area contributed by atoms with Gasteiger partial charge in [-0.1, -0.05) is 38.2 Å². The predicted molar refractivity (Wildman–Crippen MR) is 80.3 cm³/mol. The number of nitrogens with zero attached hydrogens (tertiary/aromatic N) is 1. The van der Waals surface area contributed by atoms with Gasteiger partial charge < -0.3 is 0 Å². The third-order valence-corrected chi connectivity index (χ3v) is 5.04. The Morgan fingerprint density at radius 1 is 1.00 bits per heavy atom. The molecule has 2 heteroatoms. The Morgan fingerprint density at radius 2 is 1.63 bits per heavy atom. The summed E-state index contributed by atoms with van der Waals surface area (Å²) in [6.07, 6.45) is 15.2. The van der Waals surface area contributed by atoms with E-state index in [2.05, 4.69) is 25.1 Å². The van der Waals surface area contributed by atoms with E-state index in [9.17, 15) is 4.79 Å². The molecule has 0 aromatic rings. The minimum Gasteiger partial charge on any atom is -0.297 e. The number of hydrogen-bond donors (Lipinski definition) is 0. The summed E-state index contributed by atoms with van der Waals surface area (Å²) in [4.78, 5) is 15.3. The molecule has 0 amide bonds. The van der Waals surface area contributed by atoms with Crippen LogP contribution in [0.5, 0.6) is 0 Å². The zero-order chi connectivity index (χ0) is 13.7. The Bertz CT molecular complexity index is 337. The average molecular weight is 263 g/mol. The minimum absolute atomic E-state index is 0.191. The van der Waals surface area contributed by atoms with Crippen LogP contribution in [0.3, 0.4) is 0 Å². The summed E-state index contributed by atoms with van der Waals surface area (Å²) < 4.78 is 0. The molecule has 2 aliphatic carbocycles. The van der Waals surface area contributed by atoms with Crippen LogP contribution >= 0.6 is 0 Å². The fraction of sp³-hybridized carbons (Fsp3) is 0.824. The van der Waals surface area contributed by atoms with Crippen molar-refractivity contribution in [1.82, 2.24) is 4.90 Å². The lowest BCUT2D eigenvalue weighted by atomic mass is 9.74. The van der Waals surface area contributed by atoms with Gasteiger partial charge in [0.1, 0.15) is 0 Å². The summed E-state index contributed by atoms with van der Waals surface area (Å²) in [5.74, 6) is 0.444. The monoisotopic (exact) mass is 263 g/mol. The van der Waals surface area contributed by atoms with Crippen molar-refractivity contribution in [3.05, 3.63) is 11.6 Å². The van der Waals surface area contributed by atoms with E-state index in [-0.39, 0.29) is 5.54 Å². The van der Waals surface area contributed by atoms with Gasteiger partial charge in [-0.05, 0) is 58.2 Å². The molecule has 2 nitrogen and oxygen atoms in total. The van der Waals surface area contributed by atoms with Crippen LogP contribution in [0.4, 0.5) is 0 Å². The lowest BCUT2D eigenvalue weighted by molar-refractivity contribution is -0.128. The van der Waals surface area contributed by atoms with Crippen molar-refractivity contribution in [2.45, 2.75) is 76.2 Å². The molecule has 0 saturated heterocycles. The highest BCUT2D eigenvalue weighted by Gasteiger charge is 2.42. The van der Waals surface area contributed by atoms with Gasteiger partial charge in [0.15, 0.2) is 5.78 Å². The first kappa shape index (κ1) is 14.8. The summed E-state index contributed by atoms with van der Waals surface area (Å²) in [6, 6.07) is 0. The molecular formula is C17H29NO. The molecule has 0 bridgehead atoms. The standard InChI is InChI=1S/C17H29NO/c1-18(2)17(13-9-6-10-14-17)16(19)15-11-7-4-3-5-8-12-15/h11H,3-10,12-14H2,1-2H3. The van der Waals surface area contributed by atoms with Crippen molar-refractivity contribution < 1.29 is 4.79 Å². The number of rotatable bonds is 3. The number of carbonyl (C=O) groups is 1. The maximum Gasteiger partial charge on any atom is 0.178 e. The van der Waals surface area contributed by atoms with Crippen LogP contribution in [0.1, 0.15) is 70.6 Å². The maximum absolute atomic E-state index is 13.1. The molecule has 0 unspecified atom stereocenters. The molecule has 0 aliphatic heterocycles. The quantitative estimate of drug-likeness (QED) is 0.764. The van der Waals surface area contributed by atoms with Crippen LogP contribution in [0.2, 0.25) is 0 Å². The molecule has 0 aromatic heterocycles. The van der Waals surface area contributed by atoms with Crippen molar-refractivity contribution >= 4 is 5.78 Å². The van der Waals surface area contributed by atoms with Gasteiger partial charge in [0.2, 0.25) is 0 Å². The van der Waals surface area contributed by atoms with Gasteiger partial charge in [-0.3, -0.25) is 9.69 Å². The van der Waals surface area contributed by atoms with Crippen molar-refractivity contribution in [3.63, 3.8) is 0 Å². The van der Waals surface area contributed by atoms with Crippen LogP contribution in [-0.4, -0.2) is 30.3 Å². The van der Waals surface area contributed by atoms with E-state index in [1.165, 1.54) is 44.9 Å². The Hall–Kier alpha value is -0.630. The summed E-state index contributed by atoms with van der Waals surface area (Å²) in [5, 5.41) is 0. The molecule has 0 spiro atoms. The van der Waals surface area contributed by atoms with Crippen LogP contribution < -0.4 is 0 Å². The molecule has 0 radical (unpaired) electrons. The van der Waals surface area contributed by atoms with E-state index < -0.39 is 0 Å². The average Bonchev–Trinajstić information content (AvgIpc) is 2.38. The van der Waals surface area contributed by atoms with E-state index in [1.54, 1.807) is 0 Å². The molecule has 0 N–H and O–H groups in total. The Labute approximate surface area is 118 Å². The van der Waals surface area contributed by atoms with Crippen molar-refractivity contribution in [2.24, 2.45) is 0 Å². The summed E-state index contributed by atoms with van der Waals surface area (Å²) in [5.41, 5.74) is 0.943. The molecule has 0 atom stereocenters. The first-order chi connectivity index (χ1) is 9.17. The van der Waals surface area contributed by atoms with Crippen LogP contribution in [0.15, 0.2) is 11.6 Å². The zero-order valence-corrected chi connectivity index (χ0v) is 12.7. The van der Waals surface area contributed by atoms with Gasteiger partial charge in [0.05, 0.1) is 5.54 Å². The maximum atomic E-state index is 13.1. The summed E-state index contributed by atoms with van der Waals surface area (Å²) in [7, 11) is 4.18. The van der Waals surface area contributed by atoms with E-state index in [0.29, 0.717) is 5.78 Å². The Morgan fingerprint density at radius 3 is 2.32 bits per heavy atom. The highest BCUT2D eigenvalue weighted by atomic mass is 16.1. The van der Waals surface area contributed by atoms with Gasteiger partial charge in [0, 0.05) is 0 Å². The van der Waals surface area contributed by atoms with Gasteiger partial charge in [-0.25, -0.2) is 0 Å². The molecule has 19 heavy (non-hydrogen) atoms. The van der Waals surface area contributed by atoms with E-state index in [0.717, 1.165) is 31.3 Å². The van der Waals surface area contributed by atoms with E-state index >= 15 is 0 Å². The number of carbonyl (C=O) groups excluding carboxylic acids is 1. The first-order valence-electron chi connectivity index (χ1n) is 8.08. The van der Waals surface area contributed by atoms with Gasteiger partial charge in [-0.15, -0.1) is 0 Å². The third kappa shape index (κ3) is 3.28. The molecular weight excluding hydrogens is 234 g/mol. The van der Waals surface area contributed by atoms with Crippen LogP contribution in [-0.2, 0) is 4.79 Å². The largest absolute Gasteiger partial charge is 0.297 e. The highest BCUT2D eigenvalue weighted by Crippen LogP contribution is 2.36. The highest BCUT2D eigenvalue weighted by molar-refractivity contribution is 6.02. The predicted octanol–water partition coefficient (Wildman–Crippen LogP) is 4.10. The minimum atomic E-state index is -0.191. The second-order valence-electron chi connectivity index (χ2n) is 6.50. The number of allylic oxidation sites excluding steroid dienone is 1. The fourth-order valence-electron chi connectivity index (χ4n) is 3.71. The first-order valence-corrected chi connectivity index (χ1v) is 8.08. The van der Waals surface area contributed by atoms with Gasteiger partial charge in [-0.2, -0.15) is 0 Å². The smallest absolute Gasteiger partial charge is 0.178 e. The molecule has 1 saturated carbocycles.